The van der Waals surface area contributed by atoms with Crippen LogP contribution >= 0.6 is 22.6 Å². The third-order valence-electron chi connectivity index (χ3n) is 2.13. The Morgan fingerprint density at radius 2 is 2.00 bits per heavy atom. The predicted molar refractivity (Wildman–Crippen MR) is 71.1 cm³/mol. The van der Waals surface area contributed by atoms with Crippen LogP contribution in [-0.2, 0) is 16.0 Å². The summed E-state index contributed by atoms with van der Waals surface area (Å²) in [5.41, 5.74) is 1.14. The number of methoxy groups -OCH3 is 1. The van der Waals surface area contributed by atoms with Crippen LogP contribution in [0.3, 0.4) is 0 Å². The van der Waals surface area contributed by atoms with E-state index in [2.05, 4.69) is 22.6 Å². The predicted octanol–water partition coefficient (Wildman–Crippen LogP) is 2.60. The average molecular weight is 334 g/mol. The molecule has 0 fully saturated rings. The van der Waals surface area contributed by atoms with Gasteiger partial charge in [-0.1, -0.05) is 34.7 Å². The molecule has 4 heteroatoms. The lowest BCUT2D eigenvalue weighted by Gasteiger charge is -2.14. The summed E-state index contributed by atoms with van der Waals surface area (Å²) in [5.74, 6) is 0.609. The van der Waals surface area contributed by atoms with E-state index in [1.54, 1.807) is 7.11 Å². The quantitative estimate of drug-likeness (QED) is 0.472. The lowest BCUT2D eigenvalue weighted by Crippen LogP contribution is -2.20. The molecule has 0 radical (unpaired) electrons. The van der Waals surface area contributed by atoms with Gasteiger partial charge in [0.25, 0.3) is 0 Å². The van der Waals surface area contributed by atoms with E-state index in [9.17, 15) is 4.79 Å². The number of alkyl halides is 1. The third-order valence-corrected chi connectivity index (χ3v) is 3.11. The maximum Gasteiger partial charge on any atom is 0.302 e. The average Bonchev–Trinajstić information content (AvgIpc) is 2.28. The molecule has 0 spiro atoms. The Bertz CT molecular complexity index is 335. The minimum atomic E-state index is -0.227. The smallest absolute Gasteiger partial charge is 0.302 e. The Kier molecular flexibility index (Phi) is 5.59. The van der Waals surface area contributed by atoms with Gasteiger partial charge >= 0.3 is 5.97 Å². The lowest BCUT2D eigenvalue weighted by atomic mass is 10.1. The zero-order valence-corrected chi connectivity index (χ0v) is 11.6. The summed E-state index contributed by atoms with van der Waals surface area (Å²) < 4.78 is 11.1. The minimum Gasteiger partial charge on any atom is -0.497 e. The van der Waals surface area contributed by atoms with Crippen molar-refractivity contribution in [2.75, 3.05) is 11.5 Å². The van der Waals surface area contributed by atoms with Crippen LogP contribution in [0.25, 0.3) is 0 Å². The second-order valence-electron chi connectivity index (χ2n) is 3.44. The molecule has 0 bridgehead atoms. The van der Waals surface area contributed by atoms with E-state index in [0.29, 0.717) is 0 Å². The first kappa shape index (κ1) is 13.3. The fraction of sp³-hybridized carbons (Fsp3) is 0.417. The molecule has 0 saturated carbocycles. The topological polar surface area (TPSA) is 35.5 Å². The van der Waals surface area contributed by atoms with Crippen molar-refractivity contribution >= 4 is 28.6 Å². The summed E-state index contributed by atoms with van der Waals surface area (Å²) in [6, 6.07) is 7.80. The molecule has 0 heterocycles. The van der Waals surface area contributed by atoms with Gasteiger partial charge < -0.3 is 9.47 Å². The fourth-order valence-electron chi connectivity index (χ4n) is 1.39. The maximum absolute atomic E-state index is 10.9. The van der Waals surface area contributed by atoms with Crippen molar-refractivity contribution in [2.45, 2.75) is 19.4 Å². The summed E-state index contributed by atoms with van der Waals surface area (Å²) in [6.45, 7) is 1.44. The number of carbonyl (C=O) groups excluding carboxylic acids is 1. The SMILES string of the molecule is COc1ccc(CC(CI)OC(C)=O)cc1. The lowest BCUT2D eigenvalue weighted by molar-refractivity contribution is -0.145. The fourth-order valence-corrected chi connectivity index (χ4v) is 1.88. The van der Waals surface area contributed by atoms with E-state index in [1.165, 1.54) is 6.92 Å². The summed E-state index contributed by atoms with van der Waals surface area (Å²) in [6.07, 6.45) is 0.693. The van der Waals surface area contributed by atoms with Crippen molar-refractivity contribution in [3.8, 4) is 5.75 Å². The first-order chi connectivity index (χ1) is 7.65. The molecule has 1 unspecified atom stereocenters. The van der Waals surface area contributed by atoms with Gasteiger partial charge in [-0.25, -0.2) is 0 Å². The first-order valence-corrected chi connectivity index (χ1v) is 6.54. The Balaban J connectivity index is 2.59. The zero-order valence-electron chi connectivity index (χ0n) is 9.40. The highest BCUT2D eigenvalue weighted by Gasteiger charge is 2.11. The molecule has 3 nitrogen and oxygen atoms in total. The molecular weight excluding hydrogens is 319 g/mol. The highest BCUT2D eigenvalue weighted by atomic mass is 127. The van der Waals surface area contributed by atoms with Gasteiger partial charge in [-0.2, -0.15) is 0 Å². The summed E-state index contributed by atoms with van der Waals surface area (Å²) in [4.78, 5) is 10.9. The molecule has 1 atom stereocenters. The standard InChI is InChI=1S/C12H15IO3/c1-9(14)16-12(8-13)7-10-3-5-11(15-2)6-4-10/h3-6,12H,7-8H2,1-2H3. The number of benzene rings is 1. The highest BCUT2D eigenvalue weighted by molar-refractivity contribution is 14.1. The molecule has 0 amide bonds. The van der Waals surface area contributed by atoms with Crippen molar-refractivity contribution in [3.63, 3.8) is 0 Å². The normalized spacial score (nSPS) is 11.9. The molecule has 1 rings (SSSR count). The second kappa shape index (κ2) is 6.73. The van der Waals surface area contributed by atoms with Gasteiger partial charge in [0.2, 0.25) is 0 Å². The van der Waals surface area contributed by atoms with Crippen LogP contribution in [0.15, 0.2) is 24.3 Å². The molecule has 0 aliphatic rings. The number of carbonyl (C=O) groups is 1. The highest BCUT2D eigenvalue weighted by Crippen LogP contribution is 2.14. The second-order valence-corrected chi connectivity index (χ2v) is 4.32. The molecule has 88 valence electrons. The Hall–Kier alpha value is -0.780. The third kappa shape index (κ3) is 4.38. The largest absolute Gasteiger partial charge is 0.497 e. The van der Waals surface area contributed by atoms with Crippen molar-refractivity contribution < 1.29 is 14.3 Å². The van der Waals surface area contributed by atoms with Gasteiger partial charge in [0.15, 0.2) is 0 Å². The van der Waals surface area contributed by atoms with Gasteiger partial charge in [-0.05, 0) is 17.7 Å². The number of ether oxygens (including phenoxy) is 2. The van der Waals surface area contributed by atoms with Crippen LogP contribution in [-0.4, -0.2) is 23.6 Å². The molecule has 0 aromatic heterocycles. The van der Waals surface area contributed by atoms with Gasteiger partial charge in [0, 0.05) is 17.8 Å². The van der Waals surface area contributed by atoms with Crippen molar-refractivity contribution in [2.24, 2.45) is 0 Å². The van der Waals surface area contributed by atoms with E-state index in [1.807, 2.05) is 24.3 Å². The van der Waals surface area contributed by atoms with E-state index in [4.69, 9.17) is 9.47 Å². The monoisotopic (exact) mass is 334 g/mol. The number of rotatable bonds is 5. The molecule has 0 saturated heterocycles. The Morgan fingerprint density at radius 1 is 1.38 bits per heavy atom. The van der Waals surface area contributed by atoms with Crippen molar-refractivity contribution in [3.05, 3.63) is 29.8 Å². The van der Waals surface area contributed by atoms with Gasteiger partial charge in [-0.15, -0.1) is 0 Å². The minimum absolute atomic E-state index is 0.0495. The maximum atomic E-state index is 10.9. The van der Waals surface area contributed by atoms with Crippen molar-refractivity contribution in [1.29, 1.82) is 0 Å². The Labute approximate surface area is 109 Å². The summed E-state index contributed by atoms with van der Waals surface area (Å²) in [7, 11) is 1.64. The molecule has 0 aliphatic carbocycles. The van der Waals surface area contributed by atoms with Crippen LogP contribution in [0.4, 0.5) is 0 Å². The number of hydrogen-bond acceptors (Lipinski definition) is 3. The molecule has 0 N–H and O–H groups in total. The van der Waals surface area contributed by atoms with Gasteiger partial charge in [0.1, 0.15) is 11.9 Å². The molecule has 1 aromatic rings. The summed E-state index contributed by atoms with van der Waals surface area (Å²) in [5, 5.41) is 0. The number of esters is 1. The van der Waals surface area contributed by atoms with E-state index >= 15 is 0 Å². The number of halogens is 1. The van der Waals surface area contributed by atoms with Crippen LogP contribution in [0, 0.1) is 0 Å². The molecular formula is C12H15IO3. The van der Waals surface area contributed by atoms with Crippen LogP contribution in [0.2, 0.25) is 0 Å². The Morgan fingerprint density at radius 3 is 2.44 bits per heavy atom. The zero-order chi connectivity index (χ0) is 12.0. The van der Waals surface area contributed by atoms with E-state index in [-0.39, 0.29) is 12.1 Å². The summed E-state index contributed by atoms with van der Waals surface area (Å²) >= 11 is 2.22. The first-order valence-electron chi connectivity index (χ1n) is 5.02. The number of hydrogen-bond donors (Lipinski definition) is 0. The van der Waals surface area contributed by atoms with Crippen LogP contribution < -0.4 is 4.74 Å². The van der Waals surface area contributed by atoms with Gasteiger partial charge in [0.05, 0.1) is 7.11 Å². The molecule has 1 aromatic carbocycles. The van der Waals surface area contributed by atoms with Crippen molar-refractivity contribution in [1.82, 2.24) is 0 Å². The van der Waals surface area contributed by atoms with Crippen LogP contribution in [0.5, 0.6) is 5.75 Å². The molecule has 0 aliphatic heterocycles. The van der Waals surface area contributed by atoms with Gasteiger partial charge in [-0.3, -0.25) is 4.79 Å². The van der Waals surface area contributed by atoms with E-state index in [0.717, 1.165) is 22.2 Å². The molecule has 16 heavy (non-hydrogen) atoms. The van der Waals surface area contributed by atoms with E-state index < -0.39 is 0 Å². The van der Waals surface area contributed by atoms with Crippen LogP contribution in [0.1, 0.15) is 12.5 Å².